The van der Waals surface area contributed by atoms with Crippen molar-refractivity contribution in [3.63, 3.8) is 0 Å². The van der Waals surface area contributed by atoms with Gasteiger partial charge in [0.1, 0.15) is 5.70 Å². The quantitative estimate of drug-likeness (QED) is 0.672. The molecule has 0 aromatic heterocycles. The van der Waals surface area contributed by atoms with E-state index in [2.05, 4.69) is 37.7 Å². The molecule has 1 saturated heterocycles. The minimum Gasteiger partial charge on any atom is -0.320 e. The molecule has 4 aliphatic heterocycles. The highest BCUT2D eigenvalue weighted by molar-refractivity contribution is 8.16. The number of carbonyl (C=O) groups excluding carboxylic acids is 1. The van der Waals surface area contributed by atoms with E-state index in [0.717, 1.165) is 71.7 Å². The summed E-state index contributed by atoms with van der Waals surface area (Å²) in [6.45, 7) is 5.36. The Kier molecular flexibility index (Phi) is 6.53. The average molecular weight is 494 g/mol. The molecular weight excluding hydrogens is 466 g/mol. The minimum absolute atomic E-state index is 0.254. The summed E-state index contributed by atoms with van der Waals surface area (Å²) in [7, 11) is 0. The number of anilines is 1. The number of hydrogen-bond donors (Lipinski definition) is 2. The van der Waals surface area contributed by atoms with Gasteiger partial charge in [0.25, 0.3) is 5.91 Å². The number of fused-ring (bicyclic) bond motifs is 2. The normalized spacial score (nSPS) is 20.9. The lowest BCUT2D eigenvalue weighted by atomic mass is 9.99. The van der Waals surface area contributed by atoms with E-state index in [1.807, 2.05) is 48.5 Å². The first-order chi connectivity index (χ1) is 17.7. The number of nitrogens with one attached hydrogen (secondary N) is 2. The molecule has 2 N–H and O–H groups in total. The fourth-order valence-electron chi connectivity index (χ4n) is 4.84. The second-order valence-electron chi connectivity index (χ2n) is 9.22. The van der Waals surface area contributed by atoms with Crippen LogP contribution in [0.1, 0.15) is 12.0 Å². The lowest BCUT2D eigenvalue weighted by molar-refractivity contribution is -0.112. The fourth-order valence-corrected chi connectivity index (χ4v) is 5.78. The second-order valence-corrected chi connectivity index (χ2v) is 10.1. The third-order valence-electron chi connectivity index (χ3n) is 6.68. The van der Waals surface area contributed by atoms with E-state index in [-0.39, 0.29) is 5.91 Å². The standard InChI is InChI=1S/C29H27N5OS/c35-28(26-11-5-7-21-6-1-3-9-24(21)31-26)32-25-10-4-2-8-23(25)27-17-22-16-20(19-36-29(22)33-27)18-34-14-12-30-13-15-34/h1-6,8-11,17,19,22,30H,12-16,18H2,(H,32,35). The highest BCUT2D eigenvalue weighted by Crippen LogP contribution is 2.40. The molecule has 1 amide bonds. The Morgan fingerprint density at radius 2 is 1.94 bits per heavy atom. The molecule has 2 aromatic carbocycles. The SMILES string of the molecule is O=C(Nc1ccccc1C1=CC2CC(CN3CCNCC3)=CSC2=N1)C1=CC=C=c2ccccc2=N1. The topological polar surface area (TPSA) is 69.1 Å². The first kappa shape index (κ1) is 23.0. The molecule has 4 heterocycles. The Morgan fingerprint density at radius 3 is 2.86 bits per heavy atom. The van der Waals surface area contributed by atoms with E-state index in [1.54, 1.807) is 23.9 Å². The fraction of sp³-hybridized carbons (Fsp3) is 0.241. The summed E-state index contributed by atoms with van der Waals surface area (Å²) in [6, 6.07) is 15.5. The minimum atomic E-state index is -0.254. The Balaban J connectivity index is 1.19. The van der Waals surface area contributed by atoms with Gasteiger partial charge in [0, 0.05) is 49.4 Å². The third-order valence-corrected chi connectivity index (χ3v) is 7.77. The smallest absolute Gasteiger partial charge is 0.274 e. The molecule has 1 atom stereocenters. The molecule has 0 spiro atoms. The van der Waals surface area contributed by atoms with Crippen molar-refractivity contribution in [1.29, 1.82) is 0 Å². The number of amides is 1. The number of para-hydroxylation sites is 2. The molecule has 6 rings (SSSR count). The highest BCUT2D eigenvalue weighted by atomic mass is 32.2. The van der Waals surface area contributed by atoms with Gasteiger partial charge in [0.2, 0.25) is 0 Å². The number of piperazine rings is 1. The number of allylic oxidation sites excluding steroid dienone is 3. The molecule has 4 aliphatic rings. The molecular formula is C29H27N5OS. The molecule has 0 bridgehead atoms. The highest BCUT2D eigenvalue weighted by Gasteiger charge is 2.28. The largest absolute Gasteiger partial charge is 0.320 e. The van der Waals surface area contributed by atoms with Crippen LogP contribution in [0.2, 0.25) is 0 Å². The van der Waals surface area contributed by atoms with Crippen molar-refractivity contribution in [2.75, 3.05) is 38.0 Å². The lowest BCUT2D eigenvalue weighted by Crippen LogP contribution is -2.44. The van der Waals surface area contributed by atoms with E-state index in [1.165, 1.54) is 5.57 Å². The molecule has 1 fully saturated rings. The molecule has 6 nitrogen and oxygen atoms in total. The first-order valence-electron chi connectivity index (χ1n) is 12.3. The summed E-state index contributed by atoms with van der Waals surface area (Å²) in [6.07, 6.45) is 6.70. The molecule has 0 saturated carbocycles. The van der Waals surface area contributed by atoms with Crippen LogP contribution in [0, 0.1) is 5.92 Å². The summed E-state index contributed by atoms with van der Waals surface area (Å²) < 4.78 is 0. The van der Waals surface area contributed by atoms with E-state index in [9.17, 15) is 4.79 Å². The van der Waals surface area contributed by atoms with Crippen LogP contribution >= 0.6 is 11.8 Å². The van der Waals surface area contributed by atoms with E-state index in [0.29, 0.717) is 11.6 Å². The van der Waals surface area contributed by atoms with Crippen molar-refractivity contribution in [3.8, 4) is 0 Å². The van der Waals surface area contributed by atoms with Gasteiger partial charge in [-0.15, -0.1) is 5.73 Å². The predicted molar refractivity (Wildman–Crippen MR) is 147 cm³/mol. The number of aliphatic imine (C=N–C) groups is 1. The molecule has 1 unspecified atom stereocenters. The van der Waals surface area contributed by atoms with Crippen molar-refractivity contribution in [2.45, 2.75) is 6.42 Å². The monoisotopic (exact) mass is 493 g/mol. The van der Waals surface area contributed by atoms with Crippen molar-refractivity contribution in [2.24, 2.45) is 15.9 Å². The Morgan fingerprint density at radius 1 is 1.11 bits per heavy atom. The molecule has 0 radical (unpaired) electrons. The number of hydrogen-bond acceptors (Lipinski definition) is 6. The van der Waals surface area contributed by atoms with Crippen LogP contribution < -0.4 is 21.2 Å². The van der Waals surface area contributed by atoms with E-state index in [4.69, 9.17) is 4.99 Å². The zero-order valence-electron chi connectivity index (χ0n) is 19.9. The maximum atomic E-state index is 13.2. The van der Waals surface area contributed by atoms with Gasteiger partial charge in [0.05, 0.1) is 21.8 Å². The van der Waals surface area contributed by atoms with Crippen molar-refractivity contribution >= 4 is 39.8 Å². The van der Waals surface area contributed by atoms with Crippen LogP contribution in [-0.4, -0.2) is 48.6 Å². The molecule has 180 valence electrons. The third kappa shape index (κ3) is 4.92. The van der Waals surface area contributed by atoms with Crippen molar-refractivity contribution in [1.82, 2.24) is 10.2 Å². The Labute approximate surface area is 214 Å². The van der Waals surface area contributed by atoms with Gasteiger partial charge < -0.3 is 10.6 Å². The van der Waals surface area contributed by atoms with Crippen LogP contribution in [0.4, 0.5) is 5.69 Å². The Bertz CT molecular complexity index is 1490. The van der Waals surface area contributed by atoms with Gasteiger partial charge in [-0.2, -0.15) is 0 Å². The summed E-state index contributed by atoms with van der Waals surface area (Å²) >= 11 is 1.74. The first-order valence-corrected chi connectivity index (χ1v) is 13.2. The van der Waals surface area contributed by atoms with Crippen molar-refractivity contribution in [3.05, 3.63) is 99.6 Å². The number of nitrogens with zero attached hydrogens (tertiary/aromatic N) is 3. The van der Waals surface area contributed by atoms with Gasteiger partial charge in [-0.1, -0.05) is 42.1 Å². The Hall–Kier alpha value is -3.48. The maximum Gasteiger partial charge on any atom is 0.274 e. The van der Waals surface area contributed by atoms with Crippen LogP contribution in [0.25, 0.3) is 11.4 Å². The average Bonchev–Trinajstić information content (AvgIpc) is 3.20. The van der Waals surface area contributed by atoms with Crippen LogP contribution in [0.5, 0.6) is 0 Å². The van der Waals surface area contributed by atoms with Crippen LogP contribution in [0.15, 0.2) is 93.4 Å². The summed E-state index contributed by atoms with van der Waals surface area (Å²) in [4.78, 5) is 25.2. The summed E-state index contributed by atoms with van der Waals surface area (Å²) in [5.74, 6) is 0.0450. The van der Waals surface area contributed by atoms with Crippen LogP contribution in [0.3, 0.4) is 0 Å². The summed E-state index contributed by atoms with van der Waals surface area (Å²) in [5.41, 5.74) is 7.56. The van der Waals surface area contributed by atoms with Gasteiger partial charge in [-0.25, -0.2) is 9.98 Å². The number of benzene rings is 2. The van der Waals surface area contributed by atoms with E-state index >= 15 is 0 Å². The number of thioether (sulfide) groups is 1. The zero-order valence-corrected chi connectivity index (χ0v) is 20.7. The summed E-state index contributed by atoms with van der Waals surface area (Å²) in [5, 5.41) is 11.5. The zero-order chi connectivity index (χ0) is 24.3. The molecule has 36 heavy (non-hydrogen) atoms. The predicted octanol–water partition coefficient (Wildman–Crippen LogP) is 3.07. The molecule has 7 heteroatoms. The van der Waals surface area contributed by atoms with E-state index < -0.39 is 0 Å². The van der Waals surface area contributed by atoms with Gasteiger partial charge in [-0.3, -0.25) is 9.69 Å². The van der Waals surface area contributed by atoms with Gasteiger partial charge in [-0.05, 0) is 53.8 Å². The second kappa shape index (κ2) is 10.2. The number of rotatable bonds is 5. The van der Waals surface area contributed by atoms with Gasteiger partial charge >= 0.3 is 0 Å². The molecule has 2 aromatic rings. The maximum absolute atomic E-state index is 13.2. The molecule has 0 aliphatic carbocycles. The lowest BCUT2D eigenvalue weighted by Gasteiger charge is -2.29. The number of carbonyl (C=O) groups is 1. The van der Waals surface area contributed by atoms with Gasteiger partial charge in [0.15, 0.2) is 0 Å². The van der Waals surface area contributed by atoms with Crippen molar-refractivity contribution < 1.29 is 4.79 Å². The van der Waals surface area contributed by atoms with Crippen LogP contribution in [-0.2, 0) is 4.79 Å².